The van der Waals surface area contributed by atoms with E-state index < -0.39 is 0 Å². The van der Waals surface area contributed by atoms with Gasteiger partial charge in [0.25, 0.3) is 11.5 Å². The summed E-state index contributed by atoms with van der Waals surface area (Å²) in [4.78, 5) is 31.4. The molecule has 1 aliphatic heterocycles. The summed E-state index contributed by atoms with van der Waals surface area (Å²) >= 11 is 1.52. The summed E-state index contributed by atoms with van der Waals surface area (Å²) in [6.07, 6.45) is 0.765. The summed E-state index contributed by atoms with van der Waals surface area (Å²) in [6.45, 7) is 6.87. The standard InChI is InChI=1S/C20H24N4O3S/c1-4-12-23-18(25)11-10-16(22-23)19(26)24-14(3)13-28-20(24)21-15-8-6-7-9-17(15)27-5-2/h6-11,14H,4-5,12-13H2,1-3H3. The molecule has 1 atom stereocenters. The molecule has 7 nitrogen and oxygen atoms in total. The second-order valence-electron chi connectivity index (χ2n) is 6.41. The fraction of sp³-hybridized carbons (Fsp3) is 0.400. The van der Waals surface area contributed by atoms with E-state index in [0.717, 1.165) is 12.2 Å². The number of amides is 1. The van der Waals surface area contributed by atoms with Crippen LogP contribution in [-0.4, -0.2) is 44.2 Å². The number of aliphatic imine (C=N–C) groups is 1. The third-order valence-corrected chi connectivity index (χ3v) is 5.42. The molecule has 1 fully saturated rings. The summed E-state index contributed by atoms with van der Waals surface area (Å²) in [5.74, 6) is 1.17. The molecule has 1 aromatic carbocycles. The molecule has 2 heterocycles. The molecule has 1 unspecified atom stereocenters. The van der Waals surface area contributed by atoms with Crippen molar-refractivity contribution in [3.63, 3.8) is 0 Å². The van der Waals surface area contributed by atoms with Crippen LogP contribution in [0.3, 0.4) is 0 Å². The van der Waals surface area contributed by atoms with Crippen molar-refractivity contribution in [2.24, 2.45) is 4.99 Å². The van der Waals surface area contributed by atoms with Gasteiger partial charge in [0.05, 0.1) is 6.61 Å². The van der Waals surface area contributed by atoms with Crippen LogP contribution in [0.25, 0.3) is 0 Å². The summed E-state index contributed by atoms with van der Waals surface area (Å²) in [5.41, 5.74) is 0.720. The first-order chi connectivity index (χ1) is 13.5. The van der Waals surface area contributed by atoms with Crippen LogP contribution in [0.1, 0.15) is 37.7 Å². The van der Waals surface area contributed by atoms with Crippen molar-refractivity contribution >= 4 is 28.5 Å². The maximum Gasteiger partial charge on any atom is 0.280 e. The Labute approximate surface area is 168 Å². The van der Waals surface area contributed by atoms with Crippen LogP contribution in [0, 0.1) is 0 Å². The Kier molecular flexibility index (Phi) is 6.51. The summed E-state index contributed by atoms with van der Waals surface area (Å²) in [5, 5.41) is 4.86. The van der Waals surface area contributed by atoms with Crippen molar-refractivity contribution in [2.45, 2.75) is 39.8 Å². The highest BCUT2D eigenvalue weighted by molar-refractivity contribution is 8.14. The van der Waals surface area contributed by atoms with Crippen LogP contribution in [0.2, 0.25) is 0 Å². The Morgan fingerprint density at radius 3 is 2.82 bits per heavy atom. The number of carbonyl (C=O) groups is 1. The second kappa shape index (κ2) is 9.05. The molecule has 0 N–H and O–H groups in total. The van der Waals surface area contributed by atoms with E-state index in [9.17, 15) is 9.59 Å². The number of nitrogens with zero attached hydrogens (tertiary/aromatic N) is 4. The lowest BCUT2D eigenvalue weighted by atomic mass is 10.2. The second-order valence-corrected chi connectivity index (χ2v) is 7.40. The highest BCUT2D eigenvalue weighted by atomic mass is 32.2. The molecule has 8 heteroatoms. The van der Waals surface area contributed by atoms with Crippen molar-refractivity contribution in [1.82, 2.24) is 14.7 Å². The number of thioether (sulfide) groups is 1. The largest absolute Gasteiger partial charge is 0.492 e. The first-order valence-corrected chi connectivity index (χ1v) is 10.4. The van der Waals surface area contributed by atoms with Gasteiger partial charge in [-0.3, -0.25) is 14.5 Å². The zero-order valence-electron chi connectivity index (χ0n) is 16.3. The van der Waals surface area contributed by atoms with Gasteiger partial charge < -0.3 is 4.74 Å². The number of hydrogen-bond acceptors (Lipinski definition) is 6. The number of ether oxygens (including phenoxy) is 1. The van der Waals surface area contributed by atoms with Crippen LogP contribution in [0.5, 0.6) is 5.75 Å². The Balaban J connectivity index is 1.95. The highest BCUT2D eigenvalue weighted by Gasteiger charge is 2.34. The molecule has 1 saturated heterocycles. The van der Waals surface area contributed by atoms with Gasteiger partial charge in [-0.05, 0) is 38.5 Å². The van der Waals surface area contributed by atoms with E-state index in [0.29, 0.717) is 29.8 Å². The van der Waals surface area contributed by atoms with Crippen molar-refractivity contribution in [3.8, 4) is 5.75 Å². The Bertz CT molecular complexity index is 941. The number of hydrogen-bond donors (Lipinski definition) is 0. The van der Waals surface area contributed by atoms with E-state index in [4.69, 9.17) is 9.73 Å². The Morgan fingerprint density at radius 2 is 2.07 bits per heavy atom. The number of para-hydroxylation sites is 2. The van der Waals surface area contributed by atoms with Crippen LogP contribution in [0.4, 0.5) is 5.69 Å². The quantitative estimate of drug-likeness (QED) is 0.743. The molecule has 1 amide bonds. The summed E-state index contributed by atoms with van der Waals surface area (Å²) in [6, 6.07) is 10.4. The molecule has 0 aliphatic carbocycles. The molecule has 3 rings (SSSR count). The molecule has 0 saturated carbocycles. The van der Waals surface area contributed by atoms with E-state index in [-0.39, 0.29) is 23.2 Å². The Morgan fingerprint density at radius 1 is 1.29 bits per heavy atom. The van der Waals surface area contributed by atoms with Gasteiger partial charge >= 0.3 is 0 Å². The lowest BCUT2D eigenvalue weighted by Gasteiger charge is -2.21. The van der Waals surface area contributed by atoms with Gasteiger partial charge in [-0.15, -0.1) is 0 Å². The molecular weight excluding hydrogens is 376 g/mol. The fourth-order valence-corrected chi connectivity index (χ4v) is 3.99. The molecule has 148 valence electrons. The Hall–Kier alpha value is -2.61. The average molecular weight is 401 g/mol. The minimum atomic E-state index is -0.255. The van der Waals surface area contributed by atoms with Crippen LogP contribution >= 0.6 is 11.8 Å². The van der Waals surface area contributed by atoms with Crippen molar-refractivity contribution in [1.29, 1.82) is 0 Å². The normalized spacial score (nSPS) is 17.9. The number of aryl methyl sites for hydroxylation is 1. The van der Waals surface area contributed by atoms with Gasteiger partial charge in [0, 0.05) is 24.4 Å². The molecule has 1 aliphatic rings. The molecule has 0 radical (unpaired) electrons. The number of carbonyl (C=O) groups excluding carboxylic acids is 1. The smallest absolute Gasteiger partial charge is 0.280 e. The van der Waals surface area contributed by atoms with Crippen LogP contribution in [-0.2, 0) is 6.54 Å². The fourth-order valence-electron chi connectivity index (χ4n) is 2.89. The zero-order chi connectivity index (χ0) is 20.1. The lowest BCUT2D eigenvalue weighted by Crippen LogP contribution is -2.39. The SMILES string of the molecule is CCCn1nc(C(=O)N2C(=Nc3ccccc3OCC)SCC2C)ccc1=O. The molecule has 28 heavy (non-hydrogen) atoms. The maximum atomic E-state index is 13.2. The first kappa shape index (κ1) is 20.1. The van der Waals surface area contributed by atoms with Gasteiger partial charge in [-0.25, -0.2) is 9.67 Å². The summed E-state index contributed by atoms with van der Waals surface area (Å²) in [7, 11) is 0. The molecule has 1 aromatic heterocycles. The van der Waals surface area contributed by atoms with E-state index in [1.807, 2.05) is 45.0 Å². The van der Waals surface area contributed by atoms with Gasteiger partial charge in [-0.2, -0.15) is 5.10 Å². The van der Waals surface area contributed by atoms with Gasteiger partial charge in [0.2, 0.25) is 0 Å². The molecule has 2 aromatic rings. The average Bonchev–Trinajstić information content (AvgIpc) is 3.05. The number of rotatable bonds is 6. The van der Waals surface area contributed by atoms with E-state index in [2.05, 4.69) is 5.10 Å². The number of aromatic nitrogens is 2. The molecular formula is C20H24N4O3S. The lowest BCUT2D eigenvalue weighted by molar-refractivity contribution is 0.0820. The van der Waals surface area contributed by atoms with E-state index in [1.165, 1.54) is 28.6 Å². The monoisotopic (exact) mass is 400 g/mol. The third kappa shape index (κ3) is 4.27. The van der Waals surface area contributed by atoms with E-state index >= 15 is 0 Å². The highest BCUT2D eigenvalue weighted by Crippen LogP contribution is 2.32. The van der Waals surface area contributed by atoms with Crippen molar-refractivity contribution in [3.05, 3.63) is 52.4 Å². The predicted octanol–water partition coefficient (Wildman–Crippen LogP) is 3.32. The summed E-state index contributed by atoms with van der Waals surface area (Å²) < 4.78 is 6.98. The number of amidine groups is 1. The van der Waals surface area contributed by atoms with Gasteiger partial charge in [0.1, 0.15) is 17.1 Å². The number of benzene rings is 1. The third-order valence-electron chi connectivity index (χ3n) is 4.22. The topological polar surface area (TPSA) is 76.8 Å². The first-order valence-electron chi connectivity index (χ1n) is 9.40. The van der Waals surface area contributed by atoms with Crippen LogP contribution in [0.15, 0.2) is 46.2 Å². The zero-order valence-corrected chi connectivity index (χ0v) is 17.1. The van der Waals surface area contributed by atoms with Crippen molar-refractivity contribution in [2.75, 3.05) is 12.4 Å². The van der Waals surface area contributed by atoms with Gasteiger partial charge in [-0.1, -0.05) is 30.8 Å². The minimum absolute atomic E-state index is 0.0242. The van der Waals surface area contributed by atoms with Crippen LogP contribution < -0.4 is 10.3 Å². The minimum Gasteiger partial charge on any atom is -0.492 e. The predicted molar refractivity (Wildman–Crippen MR) is 112 cm³/mol. The molecule has 0 bridgehead atoms. The van der Waals surface area contributed by atoms with E-state index in [1.54, 1.807) is 4.90 Å². The maximum absolute atomic E-state index is 13.2. The molecule has 0 spiro atoms. The van der Waals surface area contributed by atoms with Gasteiger partial charge in [0.15, 0.2) is 5.17 Å². The van der Waals surface area contributed by atoms with Crippen molar-refractivity contribution < 1.29 is 9.53 Å².